The van der Waals surface area contributed by atoms with E-state index in [1.54, 1.807) is 11.8 Å². The number of hydrogen-bond acceptors (Lipinski definition) is 5. The summed E-state index contributed by atoms with van der Waals surface area (Å²) in [4.78, 5) is 26.5. The summed E-state index contributed by atoms with van der Waals surface area (Å²) in [5.41, 5.74) is 0.723. The van der Waals surface area contributed by atoms with Crippen LogP contribution in [-0.2, 0) is 9.53 Å². The van der Waals surface area contributed by atoms with Crippen molar-refractivity contribution in [2.45, 2.75) is 38.0 Å². The number of rotatable bonds is 6. The van der Waals surface area contributed by atoms with E-state index < -0.39 is 0 Å². The zero-order valence-corrected chi connectivity index (χ0v) is 14.2. The van der Waals surface area contributed by atoms with Gasteiger partial charge in [0.2, 0.25) is 0 Å². The van der Waals surface area contributed by atoms with Gasteiger partial charge >= 0.3 is 5.97 Å². The average molecular weight is 321 g/mol. The third-order valence-corrected chi connectivity index (χ3v) is 5.29. The molecule has 0 saturated carbocycles. The van der Waals surface area contributed by atoms with Gasteiger partial charge < -0.3 is 4.74 Å². The fourth-order valence-electron chi connectivity index (χ4n) is 2.70. The summed E-state index contributed by atoms with van der Waals surface area (Å²) < 4.78 is 5.01. The minimum atomic E-state index is -0.291. The van der Waals surface area contributed by atoms with E-state index >= 15 is 0 Å². The summed E-state index contributed by atoms with van der Waals surface area (Å²) in [7, 11) is 0. The number of benzene rings is 1. The Morgan fingerprint density at radius 2 is 2.00 bits per heavy atom. The molecule has 120 valence electrons. The number of ketones is 1. The van der Waals surface area contributed by atoms with Gasteiger partial charge in [-0.05, 0) is 20.8 Å². The van der Waals surface area contributed by atoms with Crippen LogP contribution in [0.5, 0.6) is 0 Å². The van der Waals surface area contributed by atoms with Crippen LogP contribution in [-0.4, -0.2) is 46.5 Å². The molecule has 2 rings (SSSR count). The maximum absolute atomic E-state index is 12.2. The van der Waals surface area contributed by atoms with E-state index in [9.17, 15) is 9.59 Å². The molecule has 0 aliphatic carbocycles. The molecule has 0 N–H and O–H groups in total. The Morgan fingerprint density at radius 3 is 2.64 bits per heavy atom. The number of ether oxygens (including phenoxy) is 1. The first-order chi connectivity index (χ1) is 10.5. The van der Waals surface area contributed by atoms with Crippen LogP contribution in [0.25, 0.3) is 0 Å². The molecule has 5 heteroatoms. The van der Waals surface area contributed by atoms with E-state index in [-0.39, 0.29) is 22.5 Å². The first-order valence-electron chi connectivity index (χ1n) is 7.58. The molecule has 1 fully saturated rings. The second kappa shape index (κ2) is 7.29. The minimum Gasteiger partial charge on any atom is -0.465 e. The van der Waals surface area contributed by atoms with E-state index in [2.05, 4.69) is 18.7 Å². The SMILES string of the molecule is CCOC(=O)C1N(CCC(=O)c2ccccc2)CSC1(C)C. The molecular formula is C17H23NO3S. The first-order valence-corrected chi connectivity index (χ1v) is 8.57. The van der Waals surface area contributed by atoms with Crippen LogP contribution in [0.2, 0.25) is 0 Å². The maximum Gasteiger partial charge on any atom is 0.324 e. The summed E-state index contributed by atoms with van der Waals surface area (Å²) in [5, 5.41) is 0. The Balaban J connectivity index is 1.99. The van der Waals surface area contributed by atoms with Crippen LogP contribution in [0, 0.1) is 0 Å². The number of carbonyl (C=O) groups excluding carboxylic acids is 2. The molecule has 0 amide bonds. The van der Waals surface area contributed by atoms with Crippen molar-refractivity contribution in [3.05, 3.63) is 35.9 Å². The Kier molecular flexibility index (Phi) is 5.64. The Labute approximate surface area is 136 Å². The van der Waals surface area contributed by atoms with Crippen LogP contribution in [0.15, 0.2) is 30.3 Å². The molecule has 0 aromatic heterocycles. The van der Waals surface area contributed by atoms with Crippen molar-refractivity contribution in [2.75, 3.05) is 19.0 Å². The van der Waals surface area contributed by atoms with Crippen LogP contribution in [0.4, 0.5) is 0 Å². The van der Waals surface area contributed by atoms with E-state index in [0.29, 0.717) is 19.6 Å². The molecule has 1 atom stereocenters. The van der Waals surface area contributed by atoms with Gasteiger partial charge in [-0.1, -0.05) is 30.3 Å². The van der Waals surface area contributed by atoms with Gasteiger partial charge in [-0.2, -0.15) is 0 Å². The number of esters is 1. The number of Topliss-reactive ketones (excluding diaryl/α,β-unsaturated/α-hetero) is 1. The van der Waals surface area contributed by atoms with Crippen LogP contribution in [0.1, 0.15) is 37.6 Å². The van der Waals surface area contributed by atoms with Gasteiger partial charge in [0.15, 0.2) is 5.78 Å². The lowest BCUT2D eigenvalue weighted by Gasteiger charge is -2.29. The predicted octanol–water partition coefficient (Wildman–Crippen LogP) is 2.98. The predicted molar refractivity (Wildman–Crippen MR) is 89.1 cm³/mol. The molecule has 1 aliphatic rings. The largest absolute Gasteiger partial charge is 0.465 e. The highest BCUT2D eigenvalue weighted by Crippen LogP contribution is 2.39. The highest BCUT2D eigenvalue weighted by atomic mass is 32.2. The van der Waals surface area contributed by atoms with Crippen molar-refractivity contribution in [3.63, 3.8) is 0 Å². The van der Waals surface area contributed by atoms with Gasteiger partial charge in [-0.3, -0.25) is 14.5 Å². The van der Waals surface area contributed by atoms with E-state index in [4.69, 9.17) is 4.74 Å². The fraction of sp³-hybridized carbons (Fsp3) is 0.529. The molecule has 22 heavy (non-hydrogen) atoms. The number of thioether (sulfide) groups is 1. The fourth-order valence-corrected chi connectivity index (χ4v) is 3.88. The van der Waals surface area contributed by atoms with Crippen LogP contribution < -0.4 is 0 Å². The molecule has 1 aromatic rings. The monoisotopic (exact) mass is 321 g/mol. The normalized spacial score (nSPS) is 20.8. The molecule has 0 radical (unpaired) electrons. The molecule has 1 heterocycles. The minimum absolute atomic E-state index is 0.109. The average Bonchev–Trinajstić information content (AvgIpc) is 2.80. The zero-order chi connectivity index (χ0) is 16.2. The van der Waals surface area contributed by atoms with Crippen LogP contribution >= 0.6 is 11.8 Å². The Hall–Kier alpha value is -1.33. The van der Waals surface area contributed by atoms with E-state index in [1.807, 2.05) is 37.3 Å². The molecule has 1 aliphatic heterocycles. The molecule has 1 saturated heterocycles. The lowest BCUT2D eigenvalue weighted by atomic mass is 10.0. The van der Waals surface area contributed by atoms with Gasteiger partial charge in [-0.25, -0.2) is 0 Å². The summed E-state index contributed by atoms with van der Waals surface area (Å²) in [5.74, 6) is 0.668. The summed E-state index contributed by atoms with van der Waals surface area (Å²) in [6.07, 6.45) is 0.413. The van der Waals surface area contributed by atoms with E-state index in [1.165, 1.54) is 0 Å². The molecular weight excluding hydrogens is 298 g/mol. The standard InChI is InChI=1S/C17H23NO3S/c1-4-21-16(20)15-17(2,3)22-12-18(15)11-10-14(19)13-8-6-5-7-9-13/h5-9,15H,4,10-12H2,1-3H3. The van der Waals surface area contributed by atoms with Gasteiger partial charge in [0.25, 0.3) is 0 Å². The van der Waals surface area contributed by atoms with Crippen molar-refractivity contribution >= 4 is 23.5 Å². The molecule has 1 aromatic carbocycles. The summed E-state index contributed by atoms with van der Waals surface area (Å²) in [6.45, 7) is 6.88. The third kappa shape index (κ3) is 3.90. The van der Waals surface area contributed by atoms with E-state index in [0.717, 1.165) is 11.4 Å². The van der Waals surface area contributed by atoms with Gasteiger partial charge in [0.1, 0.15) is 6.04 Å². The van der Waals surface area contributed by atoms with Crippen molar-refractivity contribution in [3.8, 4) is 0 Å². The molecule has 1 unspecified atom stereocenters. The quantitative estimate of drug-likeness (QED) is 0.595. The number of hydrogen-bond donors (Lipinski definition) is 0. The maximum atomic E-state index is 12.2. The van der Waals surface area contributed by atoms with Crippen LogP contribution in [0.3, 0.4) is 0 Å². The van der Waals surface area contributed by atoms with Gasteiger partial charge in [-0.15, -0.1) is 11.8 Å². The van der Waals surface area contributed by atoms with Gasteiger partial charge in [0, 0.05) is 29.2 Å². The van der Waals surface area contributed by atoms with Crippen molar-refractivity contribution < 1.29 is 14.3 Å². The highest BCUT2D eigenvalue weighted by molar-refractivity contribution is 8.00. The summed E-state index contributed by atoms with van der Waals surface area (Å²) in [6, 6.07) is 8.99. The molecule has 0 bridgehead atoms. The molecule has 4 nitrogen and oxygen atoms in total. The topological polar surface area (TPSA) is 46.6 Å². The Bertz CT molecular complexity index is 530. The summed E-state index contributed by atoms with van der Waals surface area (Å²) >= 11 is 1.73. The van der Waals surface area contributed by atoms with Crippen molar-refractivity contribution in [1.82, 2.24) is 4.90 Å². The second-order valence-corrected chi connectivity index (χ2v) is 7.48. The lowest BCUT2D eigenvalue weighted by Crippen LogP contribution is -2.47. The smallest absolute Gasteiger partial charge is 0.324 e. The van der Waals surface area contributed by atoms with Gasteiger partial charge in [0.05, 0.1) is 6.61 Å². The third-order valence-electron chi connectivity index (χ3n) is 3.86. The zero-order valence-electron chi connectivity index (χ0n) is 13.4. The highest BCUT2D eigenvalue weighted by Gasteiger charge is 2.46. The number of carbonyl (C=O) groups is 2. The van der Waals surface area contributed by atoms with Crippen molar-refractivity contribution in [2.24, 2.45) is 0 Å². The second-order valence-electron chi connectivity index (χ2n) is 5.88. The first kappa shape index (κ1) is 17.0. The van der Waals surface area contributed by atoms with Crippen molar-refractivity contribution in [1.29, 1.82) is 0 Å². The molecule has 0 spiro atoms. The number of nitrogens with zero attached hydrogens (tertiary/aromatic N) is 1. The lowest BCUT2D eigenvalue weighted by molar-refractivity contribution is -0.149. The Morgan fingerprint density at radius 1 is 1.32 bits per heavy atom.